The van der Waals surface area contributed by atoms with E-state index in [1.165, 1.54) is 0 Å². The first kappa shape index (κ1) is 16.4. The number of benzene rings is 2. The van der Waals surface area contributed by atoms with Crippen LogP contribution in [0.3, 0.4) is 0 Å². The average molecular weight is 319 g/mol. The topological polar surface area (TPSA) is 46.5 Å². The average Bonchev–Trinajstić information content (AvgIpc) is 2.48. The molecule has 4 heteroatoms. The zero-order chi connectivity index (χ0) is 16.1. The SMILES string of the molecule is Cc1ccc(C)c(C(CCOc2ccc(Cl)cc2)C(=O)O)c1. The Balaban J connectivity index is 2.05. The Labute approximate surface area is 135 Å². The van der Waals surface area contributed by atoms with Crippen molar-refractivity contribution in [2.75, 3.05) is 6.61 Å². The maximum absolute atomic E-state index is 11.6. The van der Waals surface area contributed by atoms with Gasteiger partial charge in [-0.3, -0.25) is 4.79 Å². The predicted octanol–water partition coefficient (Wildman–Crippen LogP) is 4.59. The summed E-state index contributed by atoms with van der Waals surface area (Å²) in [5.41, 5.74) is 2.90. The molecule has 0 radical (unpaired) electrons. The minimum atomic E-state index is -0.826. The predicted molar refractivity (Wildman–Crippen MR) is 87.9 cm³/mol. The zero-order valence-electron chi connectivity index (χ0n) is 12.7. The van der Waals surface area contributed by atoms with E-state index in [0.717, 1.165) is 16.7 Å². The van der Waals surface area contributed by atoms with Gasteiger partial charge in [-0.1, -0.05) is 35.4 Å². The van der Waals surface area contributed by atoms with Gasteiger partial charge in [-0.15, -0.1) is 0 Å². The summed E-state index contributed by atoms with van der Waals surface area (Å²) >= 11 is 5.82. The van der Waals surface area contributed by atoms with Crippen LogP contribution in [0.1, 0.15) is 29.0 Å². The summed E-state index contributed by atoms with van der Waals surface area (Å²) in [7, 11) is 0. The number of halogens is 1. The first-order chi connectivity index (χ1) is 10.5. The highest BCUT2D eigenvalue weighted by Crippen LogP contribution is 2.25. The number of aliphatic carboxylic acids is 1. The normalized spacial score (nSPS) is 12.0. The van der Waals surface area contributed by atoms with Crippen molar-refractivity contribution in [3.63, 3.8) is 0 Å². The van der Waals surface area contributed by atoms with Gasteiger partial charge in [0.1, 0.15) is 5.75 Å². The van der Waals surface area contributed by atoms with Crippen LogP contribution >= 0.6 is 11.6 Å². The number of carboxylic acid groups (broad SMARTS) is 1. The molecule has 0 saturated heterocycles. The van der Waals surface area contributed by atoms with Crippen molar-refractivity contribution in [3.05, 3.63) is 64.2 Å². The van der Waals surface area contributed by atoms with Gasteiger partial charge in [0.2, 0.25) is 0 Å². The fraction of sp³-hybridized carbons (Fsp3) is 0.278. The van der Waals surface area contributed by atoms with Crippen LogP contribution in [0.2, 0.25) is 5.02 Å². The molecule has 0 saturated carbocycles. The molecule has 0 aliphatic rings. The van der Waals surface area contributed by atoms with Crippen LogP contribution in [0.4, 0.5) is 0 Å². The molecule has 3 nitrogen and oxygen atoms in total. The van der Waals surface area contributed by atoms with E-state index in [2.05, 4.69) is 0 Å². The third-order valence-corrected chi connectivity index (χ3v) is 3.85. The van der Waals surface area contributed by atoms with E-state index >= 15 is 0 Å². The third kappa shape index (κ3) is 4.25. The molecule has 0 bridgehead atoms. The number of carboxylic acids is 1. The number of ether oxygens (including phenoxy) is 1. The molecule has 116 valence electrons. The number of aryl methyl sites for hydroxylation is 2. The second-order valence-corrected chi connectivity index (χ2v) is 5.78. The molecule has 2 aromatic carbocycles. The van der Waals surface area contributed by atoms with Gasteiger partial charge in [0.15, 0.2) is 0 Å². The van der Waals surface area contributed by atoms with Gasteiger partial charge in [0.25, 0.3) is 0 Å². The molecular formula is C18H19ClO3. The summed E-state index contributed by atoms with van der Waals surface area (Å²) in [4.78, 5) is 11.6. The Hall–Kier alpha value is -2.00. The van der Waals surface area contributed by atoms with Gasteiger partial charge < -0.3 is 9.84 Å². The molecule has 0 spiro atoms. The highest BCUT2D eigenvalue weighted by Gasteiger charge is 2.21. The number of carbonyl (C=O) groups is 1. The smallest absolute Gasteiger partial charge is 0.311 e. The van der Waals surface area contributed by atoms with Crippen LogP contribution in [-0.4, -0.2) is 17.7 Å². The van der Waals surface area contributed by atoms with E-state index in [0.29, 0.717) is 23.8 Å². The molecule has 0 aromatic heterocycles. The van der Waals surface area contributed by atoms with Crippen molar-refractivity contribution in [2.45, 2.75) is 26.2 Å². The lowest BCUT2D eigenvalue weighted by Crippen LogP contribution is -2.16. The number of hydrogen-bond donors (Lipinski definition) is 1. The summed E-state index contributed by atoms with van der Waals surface area (Å²) in [6.45, 7) is 4.24. The molecule has 2 aromatic rings. The van der Waals surface area contributed by atoms with Gasteiger partial charge in [-0.2, -0.15) is 0 Å². The number of hydrogen-bond acceptors (Lipinski definition) is 2. The van der Waals surface area contributed by atoms with E-state index < -0.39 is 11.9 Å². The van der Waals surface area contributed by atoms with E-state index in [4.69, 9.17) is 16.3 Å². The Kier molecular flexibility index (Phi) is 5.45. The molecule has 1 N–H and O–H groups in total. The second kappa shape index (κ2) is 7.32. The quantitative estimate of drug-likeness (QED) is 0.847. The fourth-order valence-electron chi connectivity index (χ4n) is 2.37. The molecule has 2 rings (SSSR count). The Morgan fingerprint density at radius 2 is 1.86 bits per heavy atom. The van der Waals surface area contributed by atoms with Crippen LogP contribution in [0, 0.1) is 13.8 Å². The molecule has 0 aliphatic carbocycles. The minimum absolute atomic E-state index is 0.339. The molecule has 1 atom stereocenters. The Bertz CT molecular complexity index is 650. The van der Waals surface area contributed by atoms with Crippen molar-refractivity contribution >= 4 is 17.6 Å². The maximum Gasteiger partial charge on any atom is 0.311 e. The summed E-state index contributed by atoms with van der Waals surface area (Å²) < 4.78 is 5.61. The second-order valence-electron chi connectivity index (χ2n) is 5.34. The van der Waals surface area contributed by atoms with Crippen molar-refractivity contribution in [1.82, 2.24) is 0 Å². The van der Waals surface area contributed by atoms with Gasteiger partial charge >= 0.3 is 5.97 Å². The monoisotopic (exact) mass is 318 g/mol. The van der Waals surface area contributed by atoms with Gasteiger partial charge in [-0.05, 0) is 55.7 Å². The van der Waals surface area contributed by atoms with Gasteiger partial charge in [0, 0.05) is 5.02 Å². The van der Waals surface area contributed by atoms with E-state index in [1.54, 1.807) is 24.3 Å². The van der Waals surface area contributed by atoms with Crippen LogP contribution in [-0.2, 0) is 4.79 Å². The Morgan fingerprint density at radius 3 is 2.50 bits per heavy atom. The lowest BCUT2D eigenvalue weighted by molar-refractivity contribution is -0.139. The van der Waals surface area contributed by atoms with Crippen molar-refractivity contribution < 1.29 is 14.6 Å². The van der Waals surface area contributed by atoms with Crippen molar-refractivity contribution in [3.8, 4) is 5.75 Å². The lowest BCUT2D eigenvalue weighted by Gasteiger charge is -2.16. The summed E-state index contributed by atoms with van der Waals surface area (Å²) in [5, 5.41) is 10.1. The van der Waals surface area contributed by atoms with Crippen LogP contribution in [0.25, 0.3) is 0 Å². The Morgan fingerprint density at radius 1 is 1.18 bits per heavy atom. The van der Waals surface area contributed by atoms with E-state index in [-0.39, 0.29) is 0 Å². The van der Waals surface area contributed by atoms with Crippen LogP contribution in [0.15, 0.2) is 42.5 Å². The zero-order valence-corrected chi connectivity index (χ0v) is 13.4. The van der Waals surface area contributed by atoms with Crippen LogP contribution < -0.4 is 4.74 Å². The standard InChI is InChI=1S/C18H19ClO3/c1-12-3-4-13(2)17(11-12)16(18(20)21)9-10-22-15-7-5-14(19)6-8-15/h3-8,11,16H,9-10H2,1-2H3,(H,20,21). The first-order valence-corrected chi connectivity index (χ1v) is 7.53. The minimum Gasteiger partial charge on any atom is -0.494 e. The molecule has 0 amide bonds. The lowest BCUT2D eigenvalue weighted by atomic mass is 9.91. The largest absolute Gasteiger partial charge is 0.494 e. The molecule has 22 heavy (non-hydrogen) atoms. The highest BCUT2D eigenvalue weighted by atomic mass is 35.5. The summed E-state index contributed by atoms with van der Waals surface area (Å²) in [6, 6.07) is 12.9. The van der Waals surface area contributed by atoms with Crippen molar-refractivity contribution in [1.29, 1.82) is 0 Å². The highest BCUT2D eigenvalue weighted by molar-refractivity contribution is 6.30. The van der Waals surface area contributed by atoms with Crippen molar-refractivity contribution in [2.24, 2.45) is 0 Å². The number of rotatable bonds is 6. The first-order valence-electron chi connectivity index (χ1n) is 7.15. The van der Waals surface area contributed by atoms with Gasteiger partial charge in [0.05, 0.1) is 12.5 Å². The van der Waals surface area contributed by atoms with E-state index in [9.17, 15) is 9.90 Å². The molecule has 0 fully saturated rings. The molecule has 1 unspecified atom stereocenters. The summed E-state index contributed by atoms with van der Waals surface area (Å²) in [6.07, 6.45) is 0.419. The molecular weight excluding hydrogens is 300 g/mol. The fourth-order valence-corrected chi connectivity index (χ4v) is 2.50. The summed E-state index contributed by atoms with van der Waals surface area (Å²) in [5.74, 6) is -0.699. The third-order valence-electron chi connectivity index (χ3n) is 3.60. The maximum atomic E-state index is 11.6. The van der Waals surface area contributed by atoms with Crippen LogP contribution in [0.5, 0.6) is 5.75 Å². The molecule has 0 heterocycles. The van der Waals surface area contributed by atoms with E-state index in [1.807, 2.05) is 32.0 Å². The van der Waals surface area contributed by atoms with Gasteiger partial charge in [-0.25, -0.2) is 0 Å². The molecule has 0 aliphatic heterocycles.